The highest BCUT2D eigenvalue weighted by Gasteiger charge is 2.28. The molecule has 3 rings (SSSR count). The molecule has 1 unspecified atom stereocenters. The molecule has 0 radical (unpaired) electrons. The summed E-state index contributed by atoms with van der Waals surface area (Å²) in [4.78, 5) is 2.12. The molecule has 1 heterocycles. The fourth-order valence-electron chi connectivity index (χ4n) is 2.82. The lowest BCUT2D eigenvalue weighted by atomic mass is 10.2. The first-order chi connectivity index (χ1) is 13.5. The quantitative estimate of drug-likeness (QED) is 0.449. The highest BCUT2D eigenvalue weighted by atomic mass is 79.9. The van der Waals surface area contributed by atoms with Gasteiger partial charge in [-0.05, 0) is 29.8 Å². The summed E-state index contributed by atoms with van der Waals surface area (Å²) in [6.45, 7) is 4.48. The van der Waals surface area contributed by atoms with Crippen LogP contribution in [0.5, 0.6) is 5.75 Å². The summed E-state index contributed by atoms with van der Waals surface area (Å²) in [6, 6.07) is 13.1. The van der Waals surface area contributed by atoms with Gasteiger partial charge in [-0.15, -0.1) is 18.3 Å². The van der Waals surface area contributed by atoms with Gasteiger partial charge in [-0.25, -0.2) is 0 Å². The minimum atomic E-state index is -0.181. The molecule has 2 aromatic carbocycles. The summed E-state index contributed by atoms with van der Waals surface area (Å²) in [5.74, 6) is 1.77. The van der Waals surface area contributed by atoms with Crippen molar-refractivity contribution in [2.24, 2.45) is 5.10 Å². The van der Waals surface area contributed by atoms with Gasteiger partial charge in [-0.3, -0.25) is 10.6 Å². The van der Waals surface area contributed by atoms with Crippen LogP contribution in [0.4, 0.5) is 5.69 Å². The highest BCUT2D eigenvalue weighted by molar-refractivity contribution is 9.10. The number of benzene rings is 2. The fraction of sp³-hybridized carbons (Fsp3) is 0.211. The van der Waals surface area contributed by atoms with Crippen LogP contribution in [0.3, 0.4) is 0 Å². The molecule has 28 heavy (non-hydrogen) atoms. The van der Waals surface area contributed by atoms with Gasteiger partial charge in [0.25, 0.3) is 0 Å². The van der Waals surface area contributed by atoms with Crippen LogP contribution in [0.25, 0.3) is 0 Å². The zero-order chi connectivity index (χ0) is 20.1. The Kier molecular flexibility index (Phi) is 6.84. The number of anilines is 1. The SMILES string of the molecule is C=CCN1C(c2cccc(Br)c2)=NNC1SCc1ccc(OC)c(N([O-])O)c1. The second-order valence-corrected chi connectivity index (χ2v) is 7.94. The zero-order valence-electron chi connectivity index (χ0n) is 15.2. The molecule has 0 fully saturated rings. The Bertz CT molecular complexity index is 878. The van der Waals surface area contributed by atoms with Crippen LogP contribution in [-0.2, 0) is 5.75 Å². The Hall–Kier alpha value is -2.20. The molecule has 0 bridgehead atoms. The smallest absolute Gasteiger partial charge is 0.165 e. The van der Waals surface area contributed by atoms with E-state index in [9.17, 15) is 10.4 Å². The summed E-state index contributed by atoms with van der Waals surface area (Å²) in [5.41, 5.74) is 5.03. The third-order valence-electron chi connectivity index (χ3n) is 4.10. The minimum absolute atomic E-state index is 0.0778. The standard InChI is InChI=1S/C19H20BrN4O3S/c1-3-9-23-18(14-5-4-6-15(20)11-14)21-22-19(23)28-12-13-7-8-17(27-2)16(10-13)24(25)26/h3-8,10-11,19,22,25H,1,9,12H2,2H3/q-1. The number of amidine groups is 1. The summed E-state index contributed by atoms with van der Waals surface area (Å²) in [5, 5.41) is 24.9. The Labute approximate surface area is 176 Å². The van der Waals surface area contributed by atoms with Crippen molar-refractivity contribution in [3.05, 3.63) is 75.9 Å². The second kappa shape index (κ2) is 9.33. The first-order valence-electron chi connectivity index (χ1n) is 8.45. The molecular weight excluding hydrogens is 444 g/mol. The van der Waals surface area contributed by atoms with Crippen molar-refractivity contribution in [3.63, 3.8) is 0 Å². The number of nitrogens with one attached hydrogen (secondary N) is 1. The summed E-state index contributed by atoms with van der Waals surface area (Å²) >= 11 is 5.11. The van der Waals surface area contributed by atoms with E-state index >= 15 is 0 Å². The molecule has 1 atom stereocenters. The molecule has 0 saturated carbocycles. The maximum atomic E-state index is 11.3. The molecule has 0 aliphatic carbocycles. The van der Waals surface area contributed by atoms with Gasteiger partial charge in [0.2, 0.25) is 0 Å². The van der Waals surface area contributed by atoms with E-state index in [4.69, 9.17) is 4.74 Å². The molecule has 1 aliphatic rings. The van der Waals surface area contributed by atoms with Crippen LogP contribution < -0.4 is 15.4 Å². The Morgan fingerprint density at radius 2 is 2.25 bits per heavy atom. The zero-order valence-corrected chi connectivity index (χ0v) is 17.6. The van der Waals surface area contributed by atoms with Crippen LogP contribution in [0.15, 0.2) is 64.7 Å². The van der Waals surface area contributed by atoms with Crippen molar-refractivity contribution in [3.8, 4) is 5.75 Å². The topological polar surface area (TPSA) is 83.4 Å². The van der Waals surface area contributed by atoms with Gasteiger partial charge in [0.05, 0.1) is 12.8 Å². The van der Waals surface area contributed by atoms with Crippen LogP contribution in [-0.4, -0.2) is 35.1 Å². The number of nitrogens with zero attached hydrogens (tertiary/aromatic N) is 3. The number of hydrazone groups is 1. The number of halogens is 1. The van der Waals surface area contributed by atoms with Gasteiger partial charge in [-0.2, -0.15) is 5.10 Å². The van der Waals surface area contributed by atoms with Crippen molar-refractivity contribution in [1.29, 1.82) is 0 Å². The van der Waals surface area contributed by atoms with Gasteiger partial charge in [-0.1, -0.05) is 40.2 Å². The highest BCUT2D eigenvalue weighted by Crippen LogP contribution is 2.31. The van der Waals surface area contributed by atoms with Crippen LogP contribution >= 0.6 is 27.7 Å². The van der Waals surface area contributed by atoms with Crippen LogP contribution in [0.1, 0.15) is 11.1 Å². The Balaban J connectivity index is 1.72. The normalized spacial score (nSPS) is 15.8. The fourth-order valence-corrected chi connectivity index (χ4v) is 4.24. The van der Waals surface area contributed by atoms with E-state index in [1.807, 2.05) is 36.4 Å². The minimum Gasteiger partial charge on any atom is -0.733 e. The Morgan fingerprint density at radius 1 is 1.43 bits per heavy atom. The Morgan fingerprint density at radius 3 is 2.93 bits per heavy atom. The van der Waals surface area contributed by atoms with Crippen molar-refractivity contribution in [1.82, 2.24) is 10.3 Å². The molecule has 0 saturated heterocycles. The lowest BCUT2D eigenvalue weighted by molar-refractivity contribution is 0.290. The maximum absolute atomic E-state index is 11.3. The largest absolute Gasteiger partial charge is 0.733 e. The van der Waals surface area contributed by atoms with E-state index in [1.54, 1.807) is 23.9 Å². The first-order valence-corrected chi connectivity index (χ1v) is 10.3. The molecular formula is C19H20BrN4O3S-. The van der Waals surface area contributed by atoms with Crippen molar-refractivity contribution in [2.45, 2.75) is 11.3 Å². The average molecular weight is 464 g/mol. The van der Waals surface area contributed by atoms with Gasteiger partial charge >= 0.3 is 0 Å². The molecule has 9 heteroatoms. The van der Waals surface area contributed by atoms with E-state index in [0.717, 1.165) is 21.4 Å². The van der Waals surface area contributed by atoms with E-state index in [0.29, 0.717) is 18.0 Å². The first kappa shape index (κ1) is 20.5. The van der Waals surface area contributed by atoms with E-state index in [2.05, 4.69) is 37.9 Å². The summed E-state index contributed by atoms with van der Waals surface area (Å²) < 4.78 is 6.08. The lowest BCUT2D eigenvalue weighted by Crippen LogP contribution is -2.38. The molecule has 148 valence electrons. The van der Waals surface area contributed by atoms with Crippen LogP contribution in [0.2, 0.25) is 0 Å². The molecule has 0 aromatic heterocycles. The maximum Gasteiger partial charge on any atom is 0.165 e. The number of rotatable bonds is 8. The van der Waals surface area contributed by atoms with Gasteiger partial charge in [0, 0.05) is 22.3 Å². The molecule has 0 spiro atoms. The van der Waals surface area contributed by atoms with Gasteiger partial charge in [0.15, 0.2) is 11.3 Å². The molecule has 2 aromatic rings. The monoisotopic (exact) mass is 463 g/mol. The number of thioether (sulfide) groups is 1. The number of methoxy groups -OCH3 is 1. The summed E-state index contributed by atoms with van der Waals surface area (Å²) in [7, 11) is 1.45. The van der Waals surface area contributed by atoms with E-state index in [1.165, 1.54) is 7.11 Å². The predicted molar refractivity (Wildman–Crippen MR) is 116 cm³/mol. The van der Waals surface area contributed by atoms with Crippen molar-refractivity contribution < 1.29 is 9.94 Å². The number of hydrogen-bond acceptors (Lipinski definition) is 8. The average Bonchev–Trinajstić information content (AvgIpc) is 3.09. The van der Waals surface area contributed by atoms with Crippen molar-refractivity contribution in [2.75, 3.05) is 18.9 Å². The summed E-state index contributed by atoms with van der Waals surface area (Å²) in [6.07, 6.45) is 1.83. The molecule has 0 amide bonds. The van der Waals surface area contributed by atoms with E-state index < -0.39 is 0 Å². The second-order valence-electron chi connectivity index (χ2n) is 5.96. The lowest BCUT2D eigenvalue weighted by Gasteiger charge is -2.26. The van der Waals surface area contributed by atoms with Gasteiger partial charge in [0.1, 0.15) is 5.75 Å². The van der Waals surface area contributed by atoms with Crippen molar-refractivity contribution >= 4 is 39.2 Å². The number of hydrogen-bond donors (Lipinski definition) is 2. The van der Waals surface area contributed by atoms with Crippen LogP contribution in [0, 0.1) is 5.21 Å². The van der Waals surface area contributed by atoms with Gasteiger partial charge < -0.3 is 20.1 Å². The third-order valence-corrected chi connectivity index (χ3v) is 5.77. The predicted octanol–water partition coefficient (Wildman–Crippen LogP) is 4.12. The third kappa shape index (κ3) is 4.61. The molecule has 2 N–H and O–H groups in total. The molecule has 7 nitrogen and oxygen atoms in total. The molecule has 1 aliphatic heterocycles. The number of ether oxygens (including phenoxy) is 1. The van der Waals surface area contributed by atoms with E-state index in [-0.39, 0.29) is 16.4 Å².